The zero-order chi connectivity index (χ0) is 22.6. The summed E-state index contributed by atoms with van der Waals surface area (Å²) in [4.78, 5) is 17.9. The minimum atomic E-state index is -0.0909. The molecule has 0 atom stereocenters. The minimum absolute atomic E-state index is 0.0909. The van der Waals surface area contributed by atoms with Crippen molar-refractivity contribution in [2.75, 3.05) is 7.11 Å². The Hall–Kier alpha value is -3.60. The number of rotatable bonds is 6. The second-order valence-corrected chi connectivity index (χ2v) is 8.67. The third-order valence-corrected chi connectivity index (χ3v) is 6.54. The van der Waals surface area contributed by atoms with Gasteiger partial charge in [0.05, 0.1) is 23.7 Å². The van der Waals surface area contributed by atoms with Crippen LogP contribution in [0.5, 0.6) is 5.75 Å². The average Bonchev–Trinajstić information content (AvgIpc) is 3.27. The first-order valence-corrected chi connectivity index (χ1v) is 11.7. The van der Waals surface area contributed by atoms with Crippen LogP contribution in [0.3, 0.4) is 0 Å². The summed E-state index contributed by atoms with van der Waals surface area (Å²) in [7, 11) is 1.70. The number of hydrogen-bond donors (Lipinski definition) is 1. The Balaban J connectivity index is 1.53. The maximum Gasteiger partial charge on any atom is 0.251 e. The first-order chi connectivity index (χ1) is 16.2. The Morgan fingerprint density at radius 3 is 2.55 bits per heavy atom. The summed E-state index contributed by atoms with van der Waals surface area (Å²) in [5.74, 6) is 1.63. The van der Waals surface area contributed by atoms with Gasteiger partial charge in [-0.05, 0) is 48.7 Å². The summed E-state index contributed by atoms with van der Waals surface area (Å²) < 4.78 is 8.03. The zero-order valence-corrected chi connectivity index (χ0v) is 19.0. The van der Waals surface area contributed by atoms with Gasteiger partial charge in [0.1, 0.15) is 11.6 Å². The van der Waals surface area contributed by atoms with Crippen LogP contribution < -0.4 is 10.1 Å². The molecular weight excluding hydrogens is 410 g/mol. The number of para-hydroxylation sites is 1. The Labute approximate surface area is 194 Å². The molecule has 0 saturated heterocycles. The van der Waals surface area contributed by atoms with Crippen molar-refractivity contribution in [3.63, 3.8) is 0 Å². The Kier molecular flexibility index (Phi) is 6.11. The molecule has 5 rings (SSSR count). The van der Waals surface area contributed by atoms with Gasteiger partial charge in [-0.3, -0.25) is 4.79 Å². The van der Waals surface area contributed by atoms with E-state index in [0.717, 1.165) is 46.6 Å². The number of amides is 1. The highest BCUT2D eigenvalue weighted by Gasteiger charge is 2.24. The normalized spacial score (nSPS) is 14.3. The number of ether oxygens (including phenoxy) is 1. The highest BCUT2D eigenvalue weighted by molar-refractivity contribution is 5.98. The smallest absolute Gasteiger partial charge is 0.251 e. The number of carbonyl (C=O) groups excluding carboxylic acids is 1. The molecule has 1 aromatic heterocycles. The van der Waals surface area contributed by atoms with Gasteiger partial charge in [-0.25, -0.2) is 4.98 Å². The third-order valence-electron chi connectivity index (χ3n) is 6.54. The van der Waals surface area contributed by atoms with Crippen molar-refractivity contribution >= 4 is 16.9 Å². The summed E-state index contributed by atoms with van der Waals surface area (Å²) in [6.45, 7) is 0.501. The van der Waals surface area contributed by atoms with Crippen LogP contribution in [-0.2, 0) is 6.54 Å². The molecule has 1 saturated carbocycles. The molecule has 4 aromatic rings. The van der Waals surface area contributed by atoms with Gasteiger partial charge in [0.2, 0.25) is 0 Å². The van der Waals surface area contributed by atoms with Gasteiger partial charge in [0, 0.05) is 18.2 Å². The number of aromatic nitrogens is 2. The van der Waals surface area contributed by atoms with E-state index in [9.17, 15) is 4.79 Å². The number of carbonyl (C=O) groups is 1. The topological polar surface area (TPSA) is 56.1 Å². The van der Waals surface area contributed by atoms with Crippen LogP contribution in [0.4, 0.5) is 0 Å². The number of hydrogen-bond acceptors (Lipinski definition) is 3. The van der Waals surface area contributed by atoms with Gasteiger partial charge in [-0.1, -0.05) is 61.7 Å². The third kappa shape index (κ3) is 4.36. The Bertz CT molecular complexity index is 1260. The molecule has 5 nitrogen and oxygen atoms in total. The molecule has 168 valence electrons. The fraction of sp³-hybridized carbons (Fsp3) is 0.286. The van der Waals surface area contributed by atoms with Crippen molar-refractivity contribution in [1.29, 1.82) is 0 Å². The van der Waals surface area contributed by atoms with Crippen LogP contribution >= 0.6 is 0 Å². The van der Waals surface area contributed by atoms with Crippen molar-refractivity contribution < 1.29 is 9.53 Å². The van der Waals surface area contributed by atoms with E-state index >= 15 is 0 Å². The first kappa shape index (κ1) is 21.3. The number of fused-ring (bicyclic) bond motifs is 1. The van der Waals surface area contributed by atoms with Crippen LogP contribution in [0.25, 0.3) is 22.4 Å². The molecule has 1 aliphatic carbocycles. The maximum absolute atomic E-state index is 12.9. The SMILES string of the molecule is COc1ccccc1-c1nc2cc(C(=O)NCc3ccccc3)ccc2n1C1CCCCC1. The van der Waals surface area contributed by atoms with Crippen molar-refractivity contribution in [2.24, 2.45) is 0 Å². The van der Waals surface area contributed by atoms with Crippen molar-refractivity contribution in [2.45, 2.75) is 44.7 Å². The average molecular weight is 440 g/mol. The quantitative estimate of drug-likeness (QED) is 0.392. The van der Waals surface area contributed by atoms with Crippen molar-refractivity contribution in [3.8, 4) is 17.1 Å². The molecule has 33 heavy (non-hydrogen) atoms. The molecular formula is C28H29N3O2. The molecule has 0 radical (unpaired) electrons. The van der Waals surface area contributed by atoms with Gasteiger partial charge >= 0.3 is 0 Å². The van der Waals surface area contributed by atoms with Crippen LogP contribution in [0.1, 0.15) is 54.1 Å². The lowest BCUT2D eigenvalue weighted by Crippen LogP contribution is -2.22. The lowest BCUT2D eigenvalue weighted by Gasteiger charge is -2.26. The van der Waals surface area contributed by atoms with Crippen molar-refractivity contribution in [3.05, 3.63) is 83.9 Å². The van der Waals surface area contributed by atoms with Crippen LogP contribution in [-0.4, -0.2) is 22.6 Å². The molecule has 1 amide bonds. The van der Waals surface area contributed by atoms with Gasteiger partial charge in [-0.2, -0.15) is 0 Å². The summed E-state index contributed by atoms with van der Waals surface area (Å²) in [5, 5.41) is 3.02. The molecule has 0 aliphatic heterocycles. The minimum Gasteiger partial charge on any atom is -0.496 e. The highest BCUT2D eigenvalue weighted by Crippen LogP contribution is 2.38. The van der Waals surface area contributed by atoms with Crippen LogP contribution in [0, 0.1) is 0 Å². The number of nitrogens with one attached hydrogen (secondary N) is 1. The summed E-state index contributed by atoms with van der Waals surface area (Å²) in [6, 6.07) is 24.3. The predicted molar refractivity (Wildman–Crippen MR) is 131 cm³/mol. The molecule has 0 spiro atoms. The molecule has 5 heteroatoms. The summed E-state index contributed by atoms with van der Waals surface area (Å²) in [6.07, 6.45) is 6.05. The summed E-state index contributed by atoms with van der Waals surface area (Å²) >= 11 is 0. The Morgan fingerprint density at radius 2 is 1.76 bits per heavy atom. The van der Waals surface area contributed by atoms with E-state index in [1.165, 1.54) is 19.3 Å². The summed E-state index contributed by atoms with van der Waals surface area (Å²) in [5.41, 5.74) is 4.60. The lowest BCUT2D eigenvalue weighted by molar-refractivity contribution is 0.0951. The predicted octanol–water partition coefficient (Wildman–Crippen LogP) is 6.15. The molecule has 0 unspecified atom stereocenters. The van der Waals surface area contributed by atoms with Gasteiger partial charge in [0.15, 0.2) is 0 Å². The number of nitrogens with zero attached hydrogens (tertiary/aromatic N) is 2. The molecule has 1 N–H and O–H groups in total. The van der Waals surface area contributed by atoms with Crippen LogP contribution in [0.2, 0.25) is 0 Å². The van der Waals surface area contributed by atoms with E-state index in [4.69, 9.17) is 9.72 Å². The van der Waals surface area contributed by atoms with Crippen LogP contribution in [0.15, 0.2) is 72.8 Å². The highest BCUT2D eigenvalue weighted by atomic mass is 16.5. The first-order valence-electron chi connectivity index (χ1n) is 11.7. The maximum atomic E-state index is 12.9. The van der Waals surface area contributed by atoms with Gasteiger partial charge in [-0.15, -0.1) is 0 Å². The largest absolute Gasteiger partial charge is 0.496 e. The van der Waals surface area contributed by atoms with E-state index in [-0.39, 0.29) is 5.91 Å². The van der Waals surface area contributed by atoms with E-state index < -0.39 is 0 Å². The molecule has 3 aromatic carbocycles. The fourth-order valence-electron chi connectivity index (χ4n) is 4.85. The lowest BCUT2D eigenvalue weighted by atomic mass is 9.94. The fourth-order valence-corrected chi connectivity index (χ4v) is 4.85. The van der Waals surface area contributed by atoms with E-state index in [1.54, 1.807) is 7.11 Å². The Morgan fingerprint density at radius 1 is 1.00 bits per heavy atom. The molecule has 1 fully saturated rings. The zero-order valence-electron chi connectivity index (χ0n) is 19.0. The molecule has 1 aliphatic rings. The van der Waals surface area contributed by atoms with Crippen molar-refractivity contribution in [1.82, 2.24) is 14.9 Å². The van der Waals surface area contributed by atoms with E-state index in [2.05, 4.69) is 16.0 Å². The standard InChI is InChI=1S/C28H29N3O2/c1-33-26-15-9-8-14-23(26)27-30-24-18-21(28(32)29-19-20-10-4-2-5-11-20)16-17-25(24)31(27)22-12-6-3-7-13-22/h2,4-5,8-11,14-18,22H,3,6-7,12-13,19H2,1H3,(H,29,32). The molecule has 1 heterocycles. The van der Waals surface area contributed by atoms with E-state index in [1.807, 2.05) is 66.7 Å². The number of benzene rings is 3. The second-order valence-electron chi connectivity index (χ2n) is 8.67. The number of methoxy groups -OCH3 is 1. The van der Waals surface area contributed by atoms with Gasteiger partial charge < -0.3 is 14.6 Å². The van der Waals surface area contributed by atoms with E-state index in [0.29, 0.717) is 18.2 Å². The number of imidazole rings is 1. The monoisotopic (exact) mass is 439 g/mol. The van der Waals surface area contributed by atoms with Gasteiger partial charge in [0.25, 0.3) is 5.91 Å². The molecule has 0 bridgehead atoms. The second kappa shape index (κ2) is 9.49.